The standard InChI is InChI=1S/C22H23N3O4/c1-14-11-17(15(2)25(14)9-6-10-28-3)18(26)12-24-13-23-20-16-7-4-5-8-19(16)29-21(20)22(24)27/h4-5,7-8,11,13H,6,9-10,12H2,1-3H3. The average Bonchev–Trinajstić information content (AvgIpc) is 3.23. The summed E-state index contributed by atoms with van der Waals surface area (Å²) < 4.78 is 14.2. The van der Waals surface area contributed by atoms with Crippen molar-refractivity contribution in [1.82, 2.24) is 14.1 Å². The van der Waals surface area contributed by atoms with Gasteiger partial charge < -0.3 is 13.7 Å². The van der Waals surface area contributed by atoms with Gasteiger partial charge in [0.05, 0.1) is 12.9 Å². The maximum Gasteiger partial charge on any atom is 0.297 e. The van der Waals surface area contributed by atoms with Gasteiger partial charge in [-0.05, 0) is 38.5 Å². The largest absolute Gasteiger partial charge is 0.448 e. The molecular weight excluding hydrogens is 370 g/mol. The molecule has 150 valence electrons. The summed E-state index contributed by atoms with van der Waals surface area (Å²) >= 11 is 0. The van der Waals surface area contributed by atoms with E-state index in [4.69, 9.17) is 9.15 Å². The molecule has 4 rings (SSSR count). The van der Waals surface area contributed by atoms with Crippen LogP contribution >= 0.6 is 0 Å². The molecule has 0 aliphatic heterocycles. The van der Waals surface area contributed by atoms with Crippen molar-refractivity contribution in [2.24, 2.45) is 0 Å². The van der Waals surface area contributed by atoms with E-state index in [9.17, 15) is 9.59 Å². The summed E-state index contributed by atoms with van der Waals surface area (Å²) in [7, 11) is 1.68. The molecule has 3 aromatic heterocycles. The lowest BCUT2D eigenvalue weighted by Gasteiger charge is -2.09. The number of rotatable bonds is 7. The first kappa shape index (κ1) is 19.1. The van der Waals surface area contributed by atoms with Crippen molar-refractivity contribution in [3.05, 3.63) is 64.0 Å². The van der Waals surface area contributed by atoms with Crippen molar-refractivity contribution in [3.63, 3.8) is 0 Å². The highest BCUT2D eigenvalue weighted by Crippen LogP contribution is 2.24. The van der Waals surface area contributed by atoms with Crippen LogP contribution < -0.4 is 5.56 Å². The Labute approximate surface area is 167 Å². The normalized spacial score (nSPS) is 11.6. The zero-order chi connectivity index (χ0) is 20.5. The van der Waals surface area contributed by atoms with E-state index < -0.39 is 0 Å². The molecule has 0 spiro atoms. The lowest BCUT2D eigenvalue weighted by atomic mass is 10.1. The lowest BCUT2D eigenvalue weighted by Crippen LogP contribution is -2.24. The van der Waals surface area contributed by atoms with Gasteiger partial charge in [0.15, 0.2) is 5.78 Å². The van der Waals surface area contributed by atoms with E-state index in [1.54, 1.807) is 13.2 Å². The molecule has 0 aliphatic carbocycles. The van der Waals surface area contributed by atoms with Crippen LogP contribution in [-0.2, 0) is 17.8 Å². The zero-order valence-electron chi connectivity index (χ0n) is 16.8. The van der Waals surface area contributed by atoms with Crippen molar-refractivity contribution in [2.75, 3.05) is 13.7 Å². The third-order valence-electron chi connectivity index (χ3n) is 5.27. The number of aromatic nitrogens is 3. The number of ketones is 1. The summed E-state index contributed by atoms with van der Waals surface area (Å²) in [5, 5.41) is 0.790. The number of methoxy groups -OCH3 is 1. The molecule has 4 aromatic rings. The number of carbonyl (C=O) groups is 1. The average molecular weight is 393 g/mol. The maximum atomic E-state index is 12.9. The Balaban J connectivity index is 1.64. The number of hydrogen-bond acceptors (Lipinski definition) is 5. The van der Waals surface area contributed by atoms with E-state index in [0.29, 0.717) is 23.3 Å². The topological polar surface area (TPSA) is 79.3 Å². The second-order valence-corrected chi connectivity index (χ2v) is 7.16. The second kappa shape index (κ2) is 7.67. The van der Waals surface area contributed by atoms with Gasteiger partial charge in [-0.1, -0.05) is 12.1 Å². The third-order valence-corrected chi connectivity index (χ3v) is 5.27. The smallest absolute Gasteiger partial charge is 0.297 e. The Morgan fingerprint density at radius 2 is 2.03 bits per heavy atom. The minimum Gasteiger partial charge on any atom is -0.448 e. The van der Waals surface area contributed by atoms with Crippen molar-refractivity contribution in [2.45, 2.75) is 33.4 Å². The molecule has 0 fully saturated rings. The number of aryl methyl sites for hydroxylation is 1. The van der Waals surface area contributed by atoms with E-state index in [2.05, 4.69) is 9.55 Å². The third kappa shape index (κ3) is 3.38. The fourth-order valence-corrected chi connectivity index (χ4v) is 3.76. The molecule has 0 aliphatic rings. The highest BCUT2D eigenvalue weighted by Gasteiger charge is 2.19. The Bertz CT molecular complexity index is 1260. The van der Waals surface area contributed by atoms with Crippen molar-refractivity contribution >= 4 is 27.9 Å². The number of carbonyl (C=O) groups excluding carboxylic acids is 1. The van der Waals surface area contributed by atoms with E-state index >= 15 is 0 Å². The minimum absolute atomic E-state index is 0.0822. The lowest BCUT2D eigenvalue weighted by molar-refractivity contribution is 0.0970. The second-order valence-electron chi connectivity index (χ2n) is 7.16. The van der Waals surface area contributed by atoms with Gasteiger partial charge in [0.25, 0.3) is 5.56 Å². The van der Waals surface area contributed by atoms with Gasteiger partial charge in [-0.2, -0.15) is 0 Å². The molecule has 3 heterocycles. The highest BCUT2D eigenvalue weighted by molar-refractivity contribution is 6.02. The maximum absolute atomic E-state index is 12.9. The van der Waals surface area contributed by atoms with Crippen LogP contribution in [0.2, 0.25) is 0 Å². The van der Waals surface area contributed by atoms with Gasteiger partial charge in [-0.25, -0.2) is 4.98 Å². The summed E-state index contributed by atoms with van der Waals surface area (Å²) in [5.41, 5.74) is 3.48. The monoisotopic (exact) mass is 393 g/mol. The fourth-order valence-electron chi connectivity index (χ4n) is 3.76. The van der Waals surface area contributed by atoms with Crippen LogP contribution in [-0.4, -0.2) is 33.6 Å². The highest BCUT2D eigenvalue weighted by atomic mass is 16.5. The Kier molecular flexibility index (Phi) is 5.07. The molecular formula is C22H23N3O4. The van der Waals surface area contributed by atoms with Gasteiger partial charge in [0.1, 0.15) is 11.1 Å². The molecule has 7 heteroatoms. The zero-order valence-corrected chi connectivity index (χ0v) is 16.8. The Morgan fingerprint density at radius 1 is 1.24 bits per heavy atom. The Hall–Kier alpha value is -3.19. The van der Waals surface area contributed by atoms with Gasteiger partial charge in [0.2, 0.25) is 5.58 Å². The molecule has 1 aromatic carbocycles. The summed E-state index contributed by atoms with van der Waals surface area (Å²) in [6.07, 6.45) is 2.29. The van der Waals surface area contributed by atoms with Crippen LogP contribution in [0.5, 0.6) is 0 Å². The number of benzene rings is 1. The number of ether oxygens (including phenoxy) is 1. The molecule has 7 nitrogen and oxygen atoms in total. The number of nitrogens with zero attached hydrogens (tertiary/aromatic N) is 3. The van der Waals surface area contributed by atoms with Gasteiger partial charge in [-0.3, -0.25) is 14.2 Å². The minimum atomic E-state index is -0.353. The molecule has 0 saturated heterocycles. The first-order chi connectivity index (χ1) is 14.0. The molecule has 0 bridgehead atoms. The van der Waals surface area contributed by atoms with Crippen LogP contribution in [0.15, 0.2) is 45.9 Å². The number of fused-ring (bicyclic) bond motifs is 3. The quantitative estimate of drug-likeness (QED) is 0.355. The summed E-state index contributed by atoms with van der Waals surface area (Å²) in [5.74, 6) is -0.129. The van der Waals surface area contributed by atoms with E-state index in [-0.39, 0.29) is 23.5 Å². The molecule has 0 saturated carbocycles. The summed E-state index contributed by atoms with van der Waals surface area (Å²) in [6.45, 7) is 5.27. The number of hydrogen-bond donors (Lipinski definition) is 0. The van der Waals surface area contributed by atoms with Gasteiger partial charge in [-0.15, -0.1) is 0 Å². The molecule has 29 heavy (non-hydrogen) atoms. The molecule has 0 atom stereocenters. The summed E-state index contributed by atoms with van der Waals surface area (Å²) in [6, 6.07) is 9.25. The summed E-state index contributed by atoms with van der Waals surface area (Å²) in [4.78, 5) is 30.2. The fraction of sp³-hybridized carbons (Fsp3) is 0.318. The van der Waals surface area contributed by atoms with Gasteiger partial charge >= 0.3 is 0 Å². The van der Waals surface area contributed by atoms with Crippen LogP contribution in [0.1, 0.15) is 28.2 Å². The first-order valence-electron chi connectivity index (χ1n) is 9.56. The van der Waals surface area contributed by atoms with E-state index in [1.165, 1.54) is 10.9 Å². The number of furan rings is 1. The molecule has 0 unspecified atom stereocenters. The SMILES string of the molecule is COCCCn1c(C)cc(C(=O)Cn2cnc3c(oc4ccccc43)c2=O)c1C. The van der Waals surface area contributed by atoms with E-state index in [1.807, 2.05) is 38.1 Å². The molecule has 0 N–H and O–H groups in total. The first-order valence-corrected chi connectivity index (χ1v) is 9.56. The predicted molar refractivity (Wildman–Crippen MR) is 111 cm³/mol. The van der Waals surface area contributed by atoms with E-state index in [0.717, 1.165) is 29.7 Å². The van der Waals surface area contributed by atoms with Crippen LogP contribution in [0.4, 0.5) is 0 Å². The van der Waals surface area contributed by atoms with Crippen LogP contribution in [0, 0.1) is 13.8 Å². The van der Waals surface area contributed by atoms with Crippen molar-refractivity contribution in [1.29, 1.82) is 0 Å². The Morgan fingerprint density at radius 3 is 2.83 bits per heavy atom. The van der Waals surface area contributed by atoms with Crippen molar-refractivity contribution in [3.8, 4) is 0 Å². The van der Waals surface area contributed by atoms with Crippen LogP contribution in [0.25, 0.3) is 22.1 Å². The number of para-hydroxylation sites is 1. The molecule has 0 amide bonds. The van der Waals surface area contributed by atoms with Crippen LogP contribution in [0.3, 0.4) is 0 Å². The number of Topliss-reactive ketones (excluding diaryl/α,β-unsaturated/α-hetero) is 1. The van der Waals surface area contributed by atoms with Gasteiger partial charge in [0, 0.05) is 42.6 Å². The molecule has 0 radical (unpaired) electrons. The predicted octanol–water partition coefficient (Wildman–Crippen LogP) is 3.48. The van der Waals surface area contributed by atoms with Crippen molar-refractivity contribution < 1.29 is 13.9 Å².